The third-order valence-electron chi connectivity index (χ3n) is 4.65. The molecule has 0 saturated heterocycles. The highest BCUT2D eigenvalue weighted by Crippen LogP contribution is 2.34. The van der Waals surface area contributed by atoms with Gasteiger partial charge in [-0.25, -0.2) is 19.2 Å². The van der Waals surface area contributed by atoms with Crippen molar-refractivity contribution >= 4 is 28.5 Å². The van der Waals surface area contributed by atoms with Crippen LogP contribution in [0.25, 0.3) is 11.0 Å². The maximum atomic E-state index is 13.6. The number of methoxy groups -OCH3 is 1. The fraction of sp³-hybridized carbons (Fsp3) is 0.250. The van der Waals surface area contributed by atoms with Crippen molar-refractivity contribution in [2.45, 2.75) is 19.8 Å². The van der Waals surface area contributed by atoms with E-state index in [9.17, 15) is 9.18 Å². The summed E-state index contributed by atoms with van der Waals surface area (Å²) in [5, 5.41) is 0. The summed E-state index contributed by atoms with van der Waals surface area (Å²) in [7, 11) is 1.35. The smallest absolute Gasteiger partial charge is 0.337 e. The van der Waals surface area contributed by atoms with E-state index in [0.29, 0.717) is 11.1 Å². The minimum atomic E-state index is -0.408. The number of carbonyl (C=O) groups excluding carboxylic acids is 1. The number of fused-ring (bicyclic) bond motifs is 2. The van der Waals surface area contributed by atoms with Crippen LogP contribution in [0.4, 0.5) is 15.9 Å². The van der Waals surface area contributed by atoms with Gasteiger partial charge in [0.25, 0.3) is 0 Å². The highest BCUT2D eigenvalue weighted by molar-refractivity contribution is 5.93. The van der Waals surface area contributed by atoms with Gasteiger partial charge < -0.3 is 9.64 Å². The zero-order valence-electron chi connectivity index (χ0n) is 14.6. The van der Waals surface area contributed by atoms with Crippen molar-refractivity contribution in [3.8, 4) is 0 Å². The lowest BCUT2D eigenvalue weighted by atomic mass is 10.0. The van der Waals surface area contributed by atoms with Crippen molar-refractivity contribution < 1.29 is 13.9 Å². The maximum Gasteiger partial charge on any atom is 0.337 e. The molecule has 0 N–H and O–H groups in total. The molecular weight excluding hydrogens is 333 g/mol. The van der Waals surface area contributed by atoms with E-state index < -0.39 is 5.97 Å². The summed E-state index contributed by atoms with van der Waals surface area (Å²) in [5.41, 5.74) is 4.50. The van der Waals surface area contributed by atoms with Crippen LogP contribution in [0.15, 0.2) is 36.4 Å². The van der Waals surface area contributed by atoms with Crippen molar-refractivity contribution in [1.82, 2.24) is 9.97 Å². The van der Waals surface area contributed by atoms with E-state index in [1.54, 1.807) is 30.3 Å². The molecule has 5 nitrogen and oxygen atoms in total. The van der Waals surface area contributed by atoms with Crippen LogP contribution in [-0.2, 0) is 11.2 Å². The molecule has 0 saturated carbocycles. The highest BCUT2D eigenvalue weighted by Gasteiger charge is 2.22. The number of aryl methyl sites for hydroxylation is 2. The van der Waals surface area contributed by atoms with Crippen LogP contribution >= 0.6 is 0 Å². The molecule has 0 unspecified atom stereocenters. The third-order valence-corrected chi connectivity index (χ3v) is 4.65. The Bertz CT molecular complexity index is 1020. The number of halogens is 1. The topological polar surface area (TPSA) is 55.3 Å². The van der Waals surface area contributed by atoms with Crippen molar-refractivity contribution in [3.63, 3.8) is 0 Å². The van der Waals surface area contributed by atoms with E-state index in [1.165, 1.54) is 13.2 Å². The Morgan fingerprint density at radius 3 is 2.81 bits per heavy atom. The predicted molar refractivity (Wildman–Crippen MR) is 97.3 cm³/mol. The molecule has 0 amide bonds. The fourth-order valence-corrected chi connectivity index (χ4v) is 3.42. The lowest BCUT2D eigenvalue weighted by molar-refractivity contribution is 0.0601. The number of hydrogen-bond acceptors (Lipinski definition) is 5. The molecule has 2 aromatic carbocycles. The SMILES string of the molecule is COC(=O)c1ccc2nc(C)c(N3CCCc4cc(F)ccc43)nc2c1. The van der Waals surface area contributed by atoms with E-state index in [0.717, 1.165) is 47.7 Å². The predicted octanol–water partition coefficient (Wildman–Crippen LogP) is 3.95. The maximum absolute atomic E-state index is 13.6. The fourth-order valence-electron chi connectivity index (χ4n) is 3.42. The Labute approximate surface area is 150 Å². The molecule has 0 bridgehead atoms. The monoisotopic (exact) mass is 351 g/mol. The molecule has 4 rings (SSSR count). The summed E-state index contributed by atoms with van der Waals surface area (Å²) < 4.78 is 18.4. The van der Waals surface area contributed by atoms with Crippen LogP contribution in [0.5, 0.6) is 0 Å². The van der Waals surface area contributed by atoms with Crippen LogP contribution in [0.1, 0.15) is 28.0 Å². The van der Waals surface area contributed by atoms with Gasteiger partial charge in [0.15, 0.2) is 5.82 Å². The first-order chi connectivity index (χ1) is 12.6. The Morgan fingerprint density at radius 1 is 1.15 bits per heavy atom. The normalized spacial score (nSPS) is 13.6. The molecule has 6 heteroatoms. The molecule has 132 valence electrons. The number of benzene rings is 2. The molecule has 1 aromatic heterocycles. The lowest BCUT2D eigenvalue weighted by Crippen LogP contribution is -2.26. The van der Waals surface area contributed by atoms with Gasteiger partial charge in [-0.2, -0.15) is 0 Å². The average molecular weight is 351 g/mol. The summed E-state index contributed by atoms with van der Waals surface area (Å²) in [5.74, 6) is 0.0938. The molecule has 26 heavy (non-hydrogen) atoms. The van der Waals surface area contributed by atoms with Gasteiger partial charge in [0.05, 0.1) is 29.4 Å². The summed E-state index contributed by atoms with van der Waals surface area (Å²) in [6, 6.07) is 9.98. The van der Waals surface area contributed by atoms with E-state index in [2.05, 4.69) is 9.88 Å². The second-order valence-electron chi connectivity index (χ2n) is 6.36. The lowest BCUT2D eigenvalue weighted by Gasteiger charge is -2.31. The first-order valence-electron chi connectivity index (χ1n) is 8.49. The van der Waals surface area contributed by atoms with Crippen LogP contribution in [0.3, 0.4) is 0 Å². The number of nitrogens with zero attached hydrogens (tertiary/aromatic N) is 3. The molecule has 1 aliphatic rings. The number of aromatic nitrogens is 2. The molecule has 3 aromatic rings. The van der Waals surface area contributed by atoms with Crippen molar-refractivity contribution in [2.24, 2.45) is 0 Å². The van der Waals surface area contributed by atoms with Crippen LogP contribution in [0, 0.1) is 12.7 Å². The third kappa shape index (κ3) is 2.77. The number of carbonyl (C=O) groups is 1. The minimum Gasteiger partial charge on any atom is -0.465 e. The van der Waals surface area contributed by atoms with Gasteiger partial charge in [-0.05, 0) is 61.7 Å². The molecule has 0 radical (unpaired) electrons. The standard InChI is InChI=1S/C20H18FN3O2/c1-12-19(24-9-3-4-13-10-15(21)6-8-18(13)24)23-17-11-14(20(25)26-2)5-7-16(17)22-12/h5-8,10-11H,3-4,9H2,1-2H3. The number of anilines is 2. The Morgan fingerprint density at radius 2 is 2.00 bits per heavy atom. The zero-order valence-corrected chi connectivity index (χ0v) is 14.6. The Kier molecular flexibility index (Phi) is 4.03. The second-order valence-corrected chi connectivity index (χ2v) is 6.36. The Balaban J connectivity index is 1.84. The molecule has 0 atom stereocenters. The first kappa shape index (κ1) is 16.4. The van der Waals surface area contributed by atoms with E-state index >= 15 is 0 Å². The van der Waals surface area contributed by atoms with Crippen LogP contribution < -0.4 is 4.90 Å². The van der Waals surface area contributed by atoms with Crippen LogP contribution in [0.2, 0.25) is 0 Å². The summed E-state index contributed by atoms with van der Waals surface area (Å²) in [6.07, 6.45) is 1.76. The molecule has 1 aliphatic heterocycles. The second kappa shape index (κ2) is 6.37. The largest absolute Gasteiger partial charge is 0.465 e. The molecule has 0 aliphatic carbocycles. The van der Waals surface area contributed by atoms with Crippen molar-refractivity contribution in [1.29, 1.82) is 0 Å². The van der Waals surface area contributed by atoms with Crippen molar-refractivity contribution in [3.05, 3.63) is 59.0 Å². The summed E-state index contributed by atoms with van der Waals surface area (Å²) in [4.78, 5) is 23.3. The number of esters is 1. The quantitative estimate of drug-likeness (QED) is 0.655. The zero-order chi connectivity index (χ0) is 18.3. The van der Waals surface area contributed by atoms with Gasteiger partial charge >= 0.3 is 5.97 Å². The molecule has 2 heterocycles. The molecule has 0 fully saturated rings. The van der Waals surface area contributed by atoms with E-state index in [-0.39, 0.29) is 5.82 Å². The van der Waals surface area contributed by atoms with Gasteiger partial charge in [0.1, 0.15) is 5.82 Å². The average Bonchev–Trinajstić information content (AvgIpc) is 2.65. The summed E-state index contributed by atoms with van der Waals surface area (Å²) >= 11 is 0. The van der Waals surface area contributed by atoms with Gasteiger partial charge in [-0.1, -0.05) is 0 Å². The molecular formula is C20H18FN3O2. The van der Waals surface area contributed by atoms with E-state index in [1.807, 2.05) is 6.92 Å². The van der Waals surface area contributed by atoms with Crippen LogP contribution in [-0.4, -0.2) is 29.6 Å². The number of ether oxygens (including phenoxy) is 1. The van der Waals surface area contributed by atoms with Gasteiger partial charge in [-0.3, -0.25) is 0 Å². The minimum absolute atomic E-state index is 0.227. The number of rotatable bonds is 2. The van der Waals surface area contributed by atoms with Crippen molar-refractivity contribution in [2.75, 3.05) is 18.6 Å². The Hall–Kier alpha value is -3.02. The van der Waals surface area contributed by atoms with Gasteiger partial charge in [0, 0.05) is 12.2 Å². The highest BCUT2D eigenvalue weighted by atomic mass is 19.1. The van der Waals surface area contributed by atoms with E-state index in [4.69, 9.17) is 9.72 Å². The van der Waals surface area contributed by atoms with Gasteiger partial charge in [0.2, 0.25) is 0 Å². The van der Waals surface area contributed by atoms with Gasteiger partial charge in [-0.15, -0.1) is 0 Å². The number of hydrogen-bond donors (Lipinski definition) is 0. The summed E-state index contributed by atoms with van der Waals surface area (Å²) in [6.45, 7) is 2.70. The molecule has 0 spiro atoms. The first-order valence-corrected chi connectivity index (χ1v) is 8.49.